The maximum Gasteiger partial charge on any atom is 0.230 e. The second-order valence-electron chi connectivity index (χ2n) is 13.4. The number of hydrogen-bond acceptors (Lipinski definition) is 6. The number of thiophene rings is 1. The first-order valence-electron chi connectivity index (χ1n) is 17.1. The number of nitriles is 1. The number of benzene rings is 7. The number of nitrogens with zero attached hydrogens (tertiary/aromatic N) is 5. The second kappa shape index (κ2) is 10.0. The Hall–Kier alpha value is -7.01. The summed E-state index contributed by atoms with van der Waals surface area (Å²) in [6, 6.07) is 49.1. The van der Waals surface area contributed by atoms with Gasteiger partial charge in [0.2, 0.25) is 5.71 Å². The van der Waals surface area contributed by atoms with Crippen LogP contribution in [0.25, 0.3) is 91.9 Å². The van der Waals surface area contributed by atoms with E-state index in [1.165, 1.54) is 30.9 Å². The van der Waals surface area contributed by atoms with Crippen molar-refractivity contribution in [1.29, 1.82) is 5.26 Å². The van der Waals surface area contributed by atoms with E-state index in [4.69, 9.17) is 14.4 Å². The van der Waals surface area contributed by atoms with Crippen molar-refractivity contribution in [3.05, 3.63) is 145 Å². The molecule has 6 nitrogen and oxygen atoms in total. The van der Waals surface area contributed by atoms with E-state index in [0.29, 0.717) is 17.1 Å². The molecule has 12 rings (SSSR count). The molecule has 0 atom stereocenters. The van der Waals surface area contributed by atoms with Gasteiger partial charge in [-0.3, -0.25) is 0 Å². The van der Waals surface area contributed by atoms with Gasteiger partial charge in [0, 0.05) is 49.1 Å². The van der Waals surface area contributed by atoms with E-state index in [0.717, 1.165) is 66.5 Å². The fraction of sp³-hybridized carbons (Fsp3) is 0. The van der Waals surface area contributed by atoms with Crippen LogP contribution in [0.15, 0.2) is 144 Å². The molecular formula is C45H23N5OS. The molecule has 0 amide bonds. The van der Waals surface area contributed by atoms with Crippen molar-refractivity contribution in [2.24, 2.45) is 0 Å². The van der Waals surface area contributed by atoms with Crippen LogP contribution in [-0.4, -0.2) is 14.5 Å². The molecule has 0 fully saturated rings. The molecule has 0 unspecified atom stereocenters. The maximum absolute atomic E-state index is 10.3. The summed E-state index contributed by atoms with van der Waals surface area (Å²) < 4.78 is 11.0. The summed E-state index contributed by atoms with van der Waals surface area (Å²) in [6.45, 7) is 0. The minimum Gasteiger partial charge on any atom is -0.438 e. The molecule has 0 bridgehead atoms. The number of hydrogen-bond donors (Lipinski definition) is 0. The van der Waals surface area contributed by atoms with Crippen LogP contribution < -0.4 is 4.90 Å². The normalized spacial score (nSPS) is 12.6. The topological polar surface area (TPSA) is 70.9 Å². The zero-order chi connectivity index (χ0) is 34.1. The van der Waals surface area contributed by atoms with Gasteiger partial charge in [-0.2, -0.15) is 10.2 Å². The lowest BCUT2D eigenvalue weighted by Crippen LogP contribution is -2.18. The van der Waals surface area contributed by atoms with Crippen LogP contribution >= 0.6 is 11.3 Å². The zero-order valence-corrected chi connectivity index (χ0v) is 28.1. The summed E-state index contributed by atoms with van der Waals surface area (Å²) in [7, 11) is 0. The van der Waals surface area contributed by atoms with Crippen LogP contribution in [0.3, 0.4) is 0 Å². The van der Waals surface area contributed by atoms with Gasteiger partial charge in [0.25, 0.3) is 0 Å². The molecule has 5 heterocycles. The predicted octanol–water partition coefficient (Wildman–Crippen LogP) is 12.3. The molecule has 11 aromatic rings. The van der Waals surface area contributed by atoms with Gasteiger partial charge < -0.3 is 13.9 Å². The van der Waals surface area contributed by atoms with Gasteiger partial charge in [-0.15, -0.1) is 11.3 Å². The van der Waals surface area contributed by atoms with Crippen molar-refractivity contribution in [1.82, 2.24) is 14.5 Å². The van der Waals surface area contributed by atoms with Gasteiger partial charge in [-0.05, 0) is 77.5 Å². The first kappa shape index (κ1) is 27.8. The van der Waals surface area contributed by atoms with Crippen LogP contribution in [-0.2, 0) is 0 Å². The predicted molar refractivity (Wildman–Crippen MR) is 212 cm³/mol. The Balaban J connectivity index is 1.13. The number of rotatable bonds is 2. The van der Waals surface area contributed by atoms with E-state index >= 15 is 0 Å². The summed E-state index contributed by atoms with van der Waals surface area (Å²) in [4.78, 5) is 11.9. The fourth-order valence-corrected chi connectivity index (χ4v) is 9.49. The van der Waals surface area contributed by atoms with Gasteiger partial charge in [0.1, 0.15) is 5.58 Å². The first-order valence-corrected chi connectivity index (χ1v) is 17.9. The first-order chi connectivity index (χ1) is 25.7. The molecule has 0 radical (unpaired) electrons. The molecule has 7 heteroatoms. The van der Waals surface area contributed by atoms with E-state index in [1.807, 2.05) is 47.9 Å². The highest BCUT2D eigenvalue weighted by molar-refractivity contribution is 7.26. The van der Waals surface area contributed by atoms with Gasteiger partial charge in [-0.25, -0.2) is 4.98 Å². The smallest absolute Gasteiger partial charge is 0.230 e. The molecule has 0 N–H and O–H groups in total. The molecule has 1 aliphatic heterocycles. The number of anilines is 3. The van der Waals surface area contributed by atoms with Crippen molar-refractivity contribution in [3.8, 4) is 23.1 Å². The molecular weight excluding hydrogens is 659 g/mol. The average molecular weight is 682 g/mol. The van der Waals surface area contributed by atoms with Crippen molar-refractivity contribution in [3.63, 3.8) is 0 Å². The van der Waals surface area contributed by atoms with Crippen molar-refractivity contribution >= 4 is 103 Å². The molecule has 4 aromatic heterocycles. The maximum atomic E-state index is 10.3. The molecule has 0 saturated carbocycles. The Bertz CT molecular complexity index is 3380. The van der Waals surface area contributed by atoms with E-state index in [9.17, 15) is 5.26 Å². The Morgan fingerprint density at radius 1 is 0.654 bits per heavy atom. The third-order valence-electron chi connectivity index (χ3n) is 10.6. The largest absolute Gasteiger partial charge is 0.438 e. The number of furan rings is 1. The lowest BCUT2D eigenvalue weighted by molar-refractivity contribution is 0.653. The summed E-state index contributed by atoms with van der Waals surface area (Å²) >= 11 is 1.83. The van der Waals surface area contributed by atoms with Crippen molar-refractivity contribution < 1.29 is 4.42 Å². The molecule has 1 aliphatic rings. The molecule has 0 spiro atoms. The zero-order valence-electron chi connectivity index (χ0n) is 27.3. The second-order valence-corrected chi connectivity index (χ2v) is 14.4. The highest BCUT2D eigenvalue weighted by Crippen LogP contribution is 2.54. The SMILES string of the molecule is N#Cc1cc2c3c(c1)c1cc4ccccc4cc1n3-c1c(ccc3c1sc1ccccc13)N2c1ccc(-c2ncc3c(n2)oc2ccccc23)cc1. The summed E-state index contributed by atoms with van der Waals surface area (Å²) in [5.74, 6) is 0.602. The number of para-hydroxylation sites is 1. The highest BCUT2D eigenvalue weighted by Gasteiger charge is 2.32. The number of aromatic nitrogens is 3. The fourth-order valence-electron chi connectivity index (χ4n) is 8.25. The Morgan fingerprint density at radius 2 is 1.44 bits per heavy atom. The molecule has 7 aromatic carbocycles. The molecule has 0 saturated heterocycles. The van der Waals surface area contributed by atoms with Crippen LogP contribution in [0.2, 0.25) is 0 Å². The van der Waals surface area contributed by atoms with E-state index < -0.39 is 0 Å². The minimum atomic E-state index is 0.573. The minimum absolute atomic E-state index is 0.573. The number of fused-ring (bicyclic) bond motifs is 13. The Morgan fingerprint density at radius 3 is 2.31 bits per heavy atom. The van der Waals surface area contributed by atoms with Crippen molar-refractivity contribution in [2.75, 3.05) is 4.90 Å². The van der Waals surface area contributed by atoms with E-state index in [1.54, 1.807) is 0 Å². The van der Waals surface area contributed by atoms with Crippen LogP contribution in [0.1, 0.15) is 5.56 Å². The summed E-state index contributed by atoms with van der Waals surface area (Å²) in [5.41, 5.74) is 9.25. The van der Waals surface area contributed by atoms with Gasteiger partial charge >= 0.3 is 0 Å². The molecule has 240 valence electrons. The summed E-state index contributed by atoms with van der Waals surface area (Å²) in [5, 5.41) is 19.3. The van der Waals surface area contributed by atoms with Crippen LogP contribution in [0.4, 0.5) is 17.1 Å². The van der Waals surface area contributed by atoms with Gasteiger partial charge in [0.15, 0.2) is 5.82 Å². The standard InChI is InChI=1S/C45H23N5OS/c46-23-25-19-34-33-21-27-7-1-2-8-28(27)22-37(33)50-41(34)38(20-25)49(36-18-17-32-31-10-4-6-12-40(31)52-43(32)42(36)50)29-15-13-26(14-16-29)44-47-24-35-30-9-3-5-11-39(30)51-45(35)48-44/h1-22,24H. The van der Waals surface area contributed by atoms with Crippen molar-refractivity contribution in [2.45, 2.75) is 0 Å². The lowest BCUT2D eigenvalue weighted by atomic mass is 10.0. The Kier molecular flexibility index (Phi) is 5.36. The molecule has 52 heavy (non-hydrogen) atoms. The van der Waals surface area contributed by atoms with Crippen LogP contribution in [0.5, 0.6) is 0 Å². The average Bonchev–Trinajstić information content (AvgIpc) is 3.87. The monoisotopic (exact) mass is 681 g/mol. The van der Waals surface area contributed by atoms with E-state index in [-0.39, 0.29) is 0 Å². The summed E-state index contributed by atoms with van der Waals surface area (Å²) in [6.07, 6.45) is 1.85. The third kappa shape index (κ3) is 3.66. The Labute approximate surface area is 299 Å². The third-order valence-corrected chi connectivity index (χ3v) is 11.8. The van der Waals surface area contributed by atoms with Crippen LogP contribution in [0, 0.1) is 11.3 Å². The van der Waals surface area contributed by atoms with E-state index in [2.05, 4.69) is 119 Å². The molecule has 0 aliphatic carbocycles. The quantitative estimate of drug-likeness (QED) is 0.182. The lowest BCUT2D eigenvalue weighted by Gasteiger charge is -2.33. The van der Waals surface area contributed by atoms with Gasteiger partial charge in [-0.1, -0.05) is 66.7 Å². The highest BCUT2D eigenvalue weighted by atomic mass is 32.1. The van der Waals surface area contributed by atoms with Gasteiger partial charge in [0.05, 0.1) is 49.8 Å².